The summed E-state index contributed by atoms with van der Waals surface area (Å²) >= 11 is 0. The molecule has 0 amide bonds. The van der Waals surface area contributed by atoms with Crippen LogP contribution in [-0.4, -0.2) is 12.3 Å². The molecule has 0 aliphatic rings. The van der Waals surface area contributed by atoms with Gasteiger partial charge in [0, 0.05) is 0 Å². The summed E-state index contributed by atoms with van der Waals surface area (Å²) in [5.74, 6) is 0.381. The summed E-state index contributed by atoms with van der Waals surface area (Å²) in [5, 5.41) is 20.2. The molecule has 0 saturated heterocycles. The predicted molar refractivity (Wildman–Crippen MR) is 50.0 cm³/mol. The summed E-state index contributed by atoms with van der Waals surface area (Å²) in [7, 11) is 0. The van der Waals surface area contributed by atoms with Gasteiger partial charge in [0.25, 0.3) is 0 Å². The van der Waals surface area contributed by atoms with Crippen LogP contribution in [0, 0.1) is 28.1 Å². The first-order valence-corrected chi connectivity index (χ1v) is 3.84. The van der Waals surface area contributed by atoms with Crippen molar-refractivity contribution in [3.8, 4) is 17.9 Å². The van der Waals surface area contributed by atoms with E-state index in [9.17, 15) is 0 Å². The summed E-state index contributed by atoms with van der Waals surface area (Å²) in [6, 6.07) is 10.3. The van der Waals surface area contributed by atoms with Crippen LogP contribution < -0.4 is 4.74 Å². The lowest BCUT2D eigenvalue weighted by atomic mass is 10.1. The molecule has 0 aliphatic heterocycles. The van der Waals surface area contributed by atoms with Gasteiger partial charge >= 0.3 is 0 Å². The Morgan fingerprint density at radius 3 is 2.93 bits per heavy atom. The Hall–Kier alpha value is -2.33. The number of hydrogen-bond donors (Lipinski definition) is 1. The molecule has 4 heteroatoms. The molecule has 1 rings (SSSR count). The van der Waals surface area contributed by atoms with Gasteiger partial charge in [0.1, 0.15) is 23.6 Å². The van der Waals surface area contributed by atoms with Gasteiger partial charge < -0.3 is 4.74 Å². The molecule has 1 aromatic carbocycles. The number of nitrogens with zero attached hydrogens (tertiary/aromatic N) is 2. The predicted octanol–water partition coefficient (Wildman–Crippen LogP) is 1.48. The smallest absolute Gasteiger partial charge is 0.189 e. The van der Waals surface area contributed by atoms with E-state index in [-0.39, 0.29) is 12.3 Å². The minimum Gasteiger partial charge on any atom is -0.478 e. The summed E-state index contributed by atoms with van der Waals surface area (Å²) in [5.41, 5.74) is 0.383. The molecule has 14 heavy (non-hydrogen) atoms. The molecule has 0 fully saturated rings. The molecule has 0 atom stereocenters. The van der Waals surface area contributed by atoms with Gasteiger partial charge in [0.05, 0.1) is 5.56 Å². The second kappa shape index (κ2) is 4.64. The van der Waals surface area contributed by atoms with E-state index < -0.39 is 0 Å². The Morgan fingerprint density at radius 1 is 1.50 bits per heavy atom. The maximum absolute atomic E-state index is 8.71. The molecule has 68 valence electrons. The van der Waals surface area contributed by atoms with Gasteiger partial charge in [-0.05, 0) is 12.1 Å². The average Bonchev–Trinajstić information content (AvgIpc) is 2.29. The highest BCUT2D eigenvalue weighted by Gasteiger charge is 2.06. The van der Waals surface area contributed by atoms with Crippen LogP contribution in [0.4, 0.5) is 0 Å². The second-order valence-corrected chi connectivity index (χ2v) is 2.40. The second-order valence-electron chi connectivity index (χ2n) is 2.40. The van der Waals surface area contributed by atoms with Gasteiger partial charge in [0.15, 0.2) is 8.02 Å². The Labute approximate surface area is 82.9 Å². The van der Waals surface area contributed by atoms with Crippen molar-refractivity contribution in [3.63, 3.8) is 0 Å². The van der Waals surface area contributed by atoms with E-state index in [0.717, 1.165) is 0 Å². The third-order valence-corrected chi connectivity index (χ3v) is 1.54. The zero-order valence-electron chi connectivity index (χ0n) is 8.27. The lowest BCUT2D eigenvalue weighted by molar-refractivity contribution is 0.367. The van der Waals surface area contributed by atoms with E-state index in [1.807, 2.05) is 6.07 Å². The molecule has 1 N–H and O–H groups in total. The largest absolute Gasteiger partial charge is 0.478 e. The summed E-state index contributed by atoms with van der Waals surface area (Å²) in [4.78, 5) is 0. The lowest BCUT2D eigenvalue weighted by Crippen LogP contribution is -2.02. The van der Waals surface area contributed by atoms with Crippen LogP contribution in [0.25, 0.3) is 0 Å². The number of hydrogen-bond acceptors (Lipinski definition) is 4. The number of nitrogens with one attached hydrogen (secondary N) is 1. The first-order chi connectivity index (χ1) is 7.33. The lowest BCUT2D eigenvalue weighted by Gasteiger charge is -2.05. The third kappa shape index (κ3) is 2.09. The molecule has 0 spiro atoms. The number of nitriles is 2. The van der Waals surface area contributed by atoms with Crippen molar-refractivity contribution in [2.45, 2.75) is 0 Å². The Morgan fingerprint density at radius 2 is 2.29 bits per heavy atom. The van der Waals surface area contributed by atoms with Gasteiger partial charge in [-0.25, -0.2) is 0 Å². The number of ether oxygens (including phenoxy) is 1. The zero-order valence-corrected chi connectivity index (χ0v) is 7.27. The van der Waals surface area contributed by atoms with Gasteiger partial charge in [-0.15, -0.1) is 0 Å². The van der Waals surface area contributed by atoms with Crippen LogP contribution in [0.1, 0.15) is 5.56 Å². The number of rotatable bonds is 3. The van der Waals surface area contributed by atoms with Crippen molar-refractivity contribution >= 4 is 5.71 Å². The van der Waals surface area contributed by atoms with E-state index in [1.165, 1.54) is 0 Å². The van der Waals surface area contributed by atoms with Crippen LogP contribution in [-0.2, 0) is 0 Å². The quantitative estimate of drug-likeness (QED) is 0.724. The fourth-order valence-electron chi connectivity index (χ4n) is 0.958. The Bertz CT molecular complexity index is 456. The SMILES string of the molecule is [H]/N=C(\C#N)c1ccccc1OCC#N. The van der Waals surface area contributed by atoms with Gasteiger partial charge in [-0.1, -0.05) is 12.1 Å². The minimum atomic E-state index is -0.103. The highest BCUT2D eigenvalue weighted by atomic mass is 16.5. The normalized spacial score (nSPS) is 11.0. The molecule has 0 saturated carbocycles. The summed E-state index contributed by atoms with van der Waals surface area (Å²) < 4.78 is 11.9. The van der Waals surface area contributed by atoms with Crippen LogP contribution >= 0.6 is 0 Å². The molecule has 0 aromatic heterocycles. The van der Waals surface area contributed by atoms with Crippen molar-refractivity contribution in [2.75, 3.05) is 6.61 Å². The van der Waals surface area contributed by atoms with E-state index in [0.29, 0.717) is 11.3 Å². The van der Waals surface area contributed by atoms with Crippen molar-refractivity contribution in [3.05, 3.63) is 29.8 Å². The van der Waals surface area contributed by atoms with Crippen molar-refractivity contribution in [2.24, 2.45) is 0 Å². The number of benzene rings is 1. The Balaban J connectivity index is 3.08. The van der Waals surface area contributed by atoms with Crippen LogP contribution in [0.3, 0.4) is 0 Å². The van der Waals surface area contributed by atoms with Gasteiger partial charge in [0.2, 0.25) is 0 Å². The van der Waals surface area contributed by atoms with Gasteiger partial charge in [-0.3, -0.25) is 5.40 Å². The highest BCUT2D eigenvalue weighted by Crippen LogP contribution is 2.17. The molecular weight excluding hydrogens is 178 g/mol. The molecule has 0 heterocycles. The van der Waals surface area contributed by atoms with Crippen LogP contribution in [0.2, 0.25) is 1.41 Å². The van der Waals surface area contributed by atoms with Crippen LogP contribution in [0.15, 0.2) is 24.3 Å². The summed E-state index contributed by atoms with van der Waals surface area (Å²) in [6.07, 6.45) is 0. The van der Waals surface area contributed by atoms with E-state index in [4.69, 9.17) is 16.7 Å². The molecule has 0 bridgehead atoms. The first-order valence-electron chi connectivity index (χ1n) is 4.29. The zero-order chi connectivity index (χ0) is 11.1. The van der Waals surface area contributed by atoms with Crippen LogP contribution in [0.5, 0.6) is 5.75 Å². The average molecular weight is 185 g/mol. The molecule has 0 radical (unpaired) electrons. The molecule has 0 unspecified atom stereocenters. The van der Waals surface area contributed by atoms with Crippen molar-refractivity contribution < 1.29 is 6.15 Å². The molecule has 0 aliphatic carbocycles. The topological polar surface area (TPSA) is 80.7 Å². The fraction of sp³-hybridized carbons (Fsp3) is 0.100. The maximum Gasteiger partial charge on any atom is 0.189 e. The summed E-state index contributed by atoms with van der Waals surface area (Å²) in [6.45, 7) is -0.103. The highest BCUT2D eigenvalue weighted by molar-refractivity contribution is 6.11. The molecule has 4 nitrogen and oxygen atoms in total. The third-order valence-electron chi connectivity index (χ3n) is 1.54. The standard InChI is InChI=1S/C10H7N3O/c11-5-6-14-10-4-2-1-3-8(10)9(13)7-12/h1-4,13H,6H2/b13-9+. The molecular formula is C10H7N3O. The van der Waals surface area contributed by atoms with Crippen molar-refractivity contribution in [1.82, 2.24) is 0 Å². The fourth-order valence-corrected chi connectivity index (χ4v) is 0.958. The van der Waals surface area contributed by atoms with E-state index in [1.54, 1.807) is 30.3 Å². The van der Waals surface area contributed by atoms with Crippen molar-refractivity contribution in [1.29, 1.82) is 15.9 Å². The maximum atomic E-state index is 8.71. The first kappa shape index (κ1) is 8.28. The monoisotopic (exact) mass is 185 g/mol. The van der Waals surface area contributed by atoms with Gasteiger partial charge in [-0.2, -0.15) is 10.5 Å². The minimum absolute atomic E-state index is 0.0384. The van der Waals surface area contributed by atoms with E-state index >= 15 is 0 Å². The number of para-hydroxylation sites is 1. The van der Waals surface area contributed by atoms with E-state index in [2.05, 4.69) is 5.40 Å². The Kier molecular flexibility index (Phi) is 2.74. The molecule has 1 aromatic rings.